The number of hydrogen-bond donors (Lipinski definition) is 3. The molecule has 134 valence electrons. The summed E-state index contributed by atoms with van der Waals surface area (Å²) in [5.74, 6) is 0.784. The molecule has 3 aliphatic heterocycles. The van der Waals surface area contributed by atoms with Crippen molar-refractivity contribution in [3.8, 4) is 0 Å². The fourth-order valence-corrected chi connectivity index (χ4v) is 4.15. The first kappa shape index (κ1) is 17.7. The Bertz CT molecular complexity index is 537. The highest BCUT2D eigenvalue weighted by Gasteiger charge is 2.31. The maximum absolute atomic E-state index is 10.6. The van der Waals surface area contributed by atoms with Crippen molar-refractivity contribution < 1.29 is 5.11 Å². The van der Waals surface area contributed by atoms with Crippen LogP contribution >= 0.6 is 11.3 Å². The monoisotopic (exact) mass is 351 g/mol. The van der Waals surface area contributed by atoms with Crippen molar-refractivity contribution in [1.82, 2.24) is 20.4 Å². The second-order valence-electron chi connectivity index (χ2n) is 6.82. The van der Waals surface area contributed by atoms with E-state index in [2.05, 4.69) is 32.3 Å². The molecule has 0 aliphatic carbocycles. The molecule has 3 fully saturated rings. The van der Waals surface area contributed by atoms with Gasteiger partial charge < -0.3 is 15.7 Å². The van der Waals surface area contributed by atoms with Gasteiger partial charge in [0.1, 0.15) is 5.60 Å². The Morgan fingerprint density at radius 3 is 2.75 bits per heavy atom. The second kappa shape index (κ2) is 7.82. The quantitative estimate of drug-likeness (QED) is 0.515. The van der Waals surface area contributed by atoms with E-state index in [-0.39, 0.29) is 0 Å². The van der Waals surface area contributed by atoms with Crippen LogP contribution in [-0.4, -0.2) is 79.3 Å². The van der Waals surface area contributed by atoms with Crippen molar-refractivity contribution in [2.24, 2.45) is 4.99 Å². The normalized spacial score (nSPS) is 29.3. The van der Waals surface area contributed by atoms with Gasteiger partial charge in [0.25, 0.3) is 0 Å². The molecule has 2 bridgehead atoms. The SMILES string of the molecule is CCNC(=NCC(C)(O)c1cccs1)NCC1CN2CCN1CC2. The highest BCUT2D eigenvalue weighted by atomic mass is 32.1. The van der Waals surface area contributed by atoms with Crippen LogP contribution in [0, 0.1) is 0 Å². The number of fused-ring (bicyclic) bond motifs is 3. The maximum atomic E-state index is 10.6. The highest BCUT2D eigenvalue weighted by molar-refractivity contribution is 7.10. The van der Waals surface area contributed by atoms with Crippen LogP contribution in [0.1, 0.15) is 18.7 Å². The molecule has 3 saturated heterocycles. The molecule has 0 saturated carbocycles. The molecule has 3 aliphatic rings. The number of hydrogen-bond acceptors (Lipinski definition) is 5. The van der Waals surface area contributed by atoms with E-state index in [9.17, 15) is 5.11 Å². The van der Waals surface area contributed by atoms with Gasteiger partial charge in [-0.15, -0.1) is 11.3 Å². The molecular formula is C17H29N5OS. The van der Waals surface area contributed by atoms with Crippen molar-refractivity contribution >= 4 is 17.3 Å². The second-order valence-corrected chi connectivity index (χ2v) is 7.77. The summed E-state index contributed by atoms with van der Waals surface area (Å²) in [6, 6.07) is 4.47. The molecule has 2 atom stereocenters. The fourth-order valence-electron chi connectivity index (χ4n) is 3.37. The molecule has 1 aromatic heterocycles. The lowest BCUT2D eigenvalue weighted by atomic mass is 10.1. The van der Waals surface area contributed by atoms with Gasteiger partial charge in [0.05, 0.1) is 6.54 Å². The van der Waals surface area contributed by atoms with Gasteiger partial charge in [-0.2, -0.15) is 0 Å². The molecule has 0 amide bonds. The first-order chi connectivity index (χ1) is 11.6. The maximum Gasteiger partial charge on any atom is 0.191 e. The minimum absolute atomic E-state index is 0.351. The van der Waals surface area contributed by atoms with Crippen LogP contribution in [0.2, 0.25) is 0 Å². The Labute approximate surface area is 148 Å². The van der Waals surface area contributed by atoms with Crippen molar-refractivity contribution in [2.75, 3.05) is 52.4 Å². The molecule has 7 heteroatoms. The summed E-state index contributed by atoms with van der Waals surface area (Å²) in [6.07, 6.45) is 0. The van der Waals surface area contributed by atoms with E-state index in [1.54, 1.807) is 11.3 Å². The predicted molar refractivity (Wildman–Crippen MR) is 99.7 cm³/mol. The van der Waals surface area contributed by atoms with E-state index in [0.717, 1.165) is 30.5 Å². The molecule has 1 aromatic rings. The molecule has 0 radical (unpaired) electrons. The van der Waals surface area contributed by atoms with Gasteiger partial charge in [0.2, 0.25) is 0 Å². The minimum atomic E-state index is -0.921. The van der Waals surface area contributed by atoms with Gasteiger partial charge >= 0.3 is 0 Å². The topological polar surface area (TPSA) is 63.1 Å². The smallest absolute Gasteiger partial charge is 0.191 e. The van der Waals surface area contributed by atoms with E-state index in [1.807, 2.05) is 24.4 Å². The van der Waals surface area contributed by atoms with Crippen molar-refractivity contribution in [2.45, 2.75) is 25.5 Å². The average molecular weight is 352 g/mol. The van der Waals surface area contributed by atoms with Crippen LogP contribution in [0.25, 0.3) is 0 Å². The van der Waals surface area contributed by atoms with E-state index in [0.29, 0.717) is 12.6 Å². The number of aliphatic imine (C=N–C) groups is 1. The minimum Gasteiger partial charge on any atom is -0.383 e. The Kier molecular flexibility index (Phi) is 5.76. The van der Waals surface area contributed by atoms with Gasteiger partial charge in [0, 0.05) is 56.7 Å². The zero-order valence-corrected chi connectivity index (χ0v) is 15.5. The number of guanidine groups is 1. The molecule has 2 unspecified atom stereocenters. The number of nitrogens with one attached hydrogen (secondary N) is 2. The average Bonchev–Trinajstić information content (AvgIpc) is 3.14. The summed E-state index contributed by atoms with van der Waals surface area (Å²) in [7, 11) is 0. The summed E-state index contributed by atoms with van der Waals surface area (Å²) in [6.45, 7) is 11.8. The number of thiophene rings is 1. The van der Waals surface area contributed by atoms with E-state index in [1.165, 1.54) is 26.2 Å². The van der Waals surface area contributed by atoms with Crippen LogP contribution in [0.15, 0.2) is 22.5 Å². The molecule has 24 heavy (non-hydrogen) atoms. The number of nitrogens with zero attached hydrogens (tertiary/aromatic N) is 3. The summed E-state index contributed by atoms with van der Waals surface area (Å²) in [5, 5.41) is 19.4. The van der Waals surface area contributed by atoms with Crippen LogP contribution in [0.3, 0.4) is 0 Å². The number of rotatable bonds is 6. The molecule has 4 rings (SSSR count). The number of aliphatic hydroxyl groups is 1. The molecule has 6 nitrogen and oxygen atoms in total. The lowest BCUT2D eigenvalue weighted by molar-refractivity contribution is 0.0154. The van der Waals surface area contributed by atoms with Gasteiger partial charge in [-0.1, -0.05) is 6.07 Å². The molecule has 0 aromatic carbocycles. The lowest BCUT2D eigenvalue weighted by Gasteiger charge is -2.47. The lowest BCUT2D eigenvalue weighted by Crippen LogP contribution is -2.63. The Hall–Kier alpha value is -1.15. The third kappa shape index (κ3) is 4.27. The van der Waals surface area contributed by atoms with E-state index < -0.39 is 5.60 Å². The molecular weight excluding hydrogens is 322 g/mol. The fraction of sp³-hybridized carbons (Fsp3) is 0.706. The van der Waals surface area contributed by atoms with E-state index in [4.69, 9.17) is 0 Å². The summed E-state index contributed by atoms with van der Waals surface area (Å²) in [5.41, 5.74) is -0.921. The van der Waals surface area contributed by atoms with Crippen LogP contribution in [-0.2, 0) is 5.60 Å². The van der Waals surface area contributed by atoms with Gasteiger partial charge in [-0.3, -0.25) is 9.80 Å². The van der Waals surface area contributed by atoms with Crippen molar-refractivity contribution in [1.29, 1.82) is 0 Å². The van der Waals surface area contributed by atoms with Gasteiger partial charge in [-0.25, -0.2) is 4.99 Å². The van der Waals surface area contributed by atoms with E-state index >= 15 is 0 Å². The number of piperazine rings is 3. The van der Waals surface area contributed by atoms with Crippen LogP contribution in [0.4, 0.5) is 0 Å². The Balaban J connectivity index is 1.56. The molecule has 4 heterocycles. The molecule has 3 N–H and O–H groups in total. The third-order valence-electron chi connectivity index (χ3n) is 4.84. The van der Waals surface area contributed by atoms with Gasteiger partial charge in [-0.05, 0) is 25.3 Å². The van der Waals surface area contributed by atoms with Crippen molar-refractivity contribution in [3.05, 3.63) is 22.4 Å². The predicted octanol–water partition coefficient (Wildman–Crippen LogP) is 0.511. The zero-order chi connectivity index (χ0) is 17.0. The van der Waals surface area contributed by atoms with Crippen molar-refractivity contribution in [3.63, 3.8) is 0 Å². The van der Waals surface area contributed by atoms with Gasteiger partial charge in [0.15, 0.2) is 5.96 Å². The molecule has 0 spiro atoms. The Morgan fingerprint density at radius 2 is 2.17 bits per heavy atom. The first-order valence-corrected chi connectivity index (χ1v) is 9.71. The zero-order valence-electron chi connectivity index (χ0n) is 14.7. The summed E-state index contributed by atoms with van der Waals surface area (Å²) >= 11 is 1.57. The van der Waals surface area contributed by atoms with Crippen LogP contribution < -0.4 is 10.6 Å². The van der Waals surface area contributed by atoms with Crippen LogP contribution in [0.5, 0.6) is 0 Å². The Morgan fingerprint density at radius 1 is 1.38 bits per heavy atom. The third-order valence-corrected chi connectivity index (χ3v) is 5.96. The largest absolute Gasteiger partial charge is 0.383 e. The highest BCUT2D eigenvalue weighted by Crippen LogP contribution is 2.25. The summed E-state index contributed by atoms with van der Waals surface area (Å²) < 4.78 is 0. The standard InChI is InChI=1S/C17H29N5OS/c1-3-18-16(20-13-17(2,23)15-5-4-10-24-15)19-11-14-12-21-6-8-22(14)9-7-21/h4-5,10,14,23H,3,6-9,11-13H2,1-2H3,(H2,18,19,20). The first-order valence-electron chi connectivity index (χ1n) is 8.83. The summed E-state index contributed by atoms with van der Waals surface area (Å²) in [4.78, 5) is 10.7.